The summed E-state index contributed by atoms with van der Waals surface area (Å²) in [6.45, 7) is 1.73. The van der Waals surface area contributed by atoms with Crippen LogP contribution >= 0.6 is 0 Å². The van der Waals surface area contributed by atoms with Crippen molar-refractivity contribution in [1.82, 2.24) is 0 Å². The number of phenolic OH excluding ortho intramolecular Hbond substituents is 1. The maximum Gasteiger partial charge on any atom is 0.134 e. The molecule has 0 fully saturated rings. The number of fused-ring (bicyclic) bond motifs is 1. The Bertz CT molecular complexity index is 443. The third-order valence-corrected chi connectivity index (χ3v) is 2.14. The second-order valence-electron chi connectivity index (χ2n) is 3.05. The minimum Gasteiger partial charge on any atom is -0.508 e. The maximum atomic E-state index is 9.43. The maximum absolute atomic E-state index is 9.43. The summed E-state index contributed by atoms with van der Waals surface area (Å²) in [6, 6.07) is 3.36. The van der Waals surface area contributed by atoms with Gasteiger partial charge in [0.25, 0.3) is 0 Å². The summed E-state index contributed by atoms with van der Waals surface area (Å²) in [5.74, 6) is 0.226. The van der Waals surface area contributed by atoms with E-state index in [1.807, 2.05) is 0 Å². The van der Waals surface area contributed by atoms with Crippen LogP contribution in [0.2, 0.25) is 0 Å². The Hall–Kier alpha value is -1.48. The fraction of sp³-hybridized carbons (Fsp3) is 0.200. The van der Waals surface area contributed by atoms with Crippen molar-refractivity contribution in [1.29, 1.82) is 0 Å². The highest BCUT2D eigenvalue weighted by molar-refractivity contribution is 5.83. The monoisotopic (exact) mass is 178 g/mol. The molecule has 0 aliphatic heterocycles. The number of aliphatic hydroxyl groups is 1. The van der Waals surface area contributed by atoms with E-state index in [9.17, 15) is 5.11 Å². The van der Waals surface area contributed by atoms with E-state index in [1.165, 1.54) is 6.26 Å². The van der Waals surface area contributed by atoms with Crippen LogP contribution in [-0.2, 0) is 6.61 Å². The van der Waals surface area contributed by atoms with Gasteiger partial charge in [0.15, 0.2) is 0 Å². The van der Waals surface area contributed by atoms with Gasteiger partial charge in [-0.25, -0.2) is 0 Å². The Morgan fingerprint density at radius 1 is 1.38 bits per heavy atom. The van der Waals surface area contributed by atoms with Gasteiger partial charge in [-0.2, -0.15) is 0 Å². The van der Waals surface area contributed by atoms with Crippen molar-refractivity contribution in [2.24, 2.45) is 0 Å². The summed E-state index contributed by atoms with van der Waals surface area (Å²) in [5, 5.41) is 19.1. The summed E-state index contributed by atoms with van der Waals surface area (Å²) in [6.07, 6.45) is 1.50. The highest BCUT2D eigenvalue weighted by Crippen LogP contribution is 2.28. The largest absolute Gasteiger partial charge is 0.508 e. The lowest BCUT2D eigenvalue weighted by Gasteiger charge is -1.97. The second kappa shape index (κ2) is 2.78. The molecule has 0 saturated carbocycles. The third kappa shape index (κ3) is 1.17. The SMILES string of the molecule is Cc1cc2occ(CO)c2cc1O. The summed E-state index contributed by atoms with van der Waals surface area (Å²) in [4.78, 5) is 0. The highest BCUT2D eigenvalue weighted by Gasteiger charge is 2.07. The number of hydrogen-bond acceptors (Lipinski definition) is 3. The van der Waals surface area contributed by atoms with Gasteiger partial charge >= 0.3 is 0 Å². The Morgan fingerprint density at radius 2 is 2.15 bits per heavy atom. The van der Waals surface area contributed by atoms with Gasteiger partial charge in [-0.1, -0.05) is 0 Å². The molecule has 13 heavy (non-hydrogen) atoms. The van der Waals surface area contributed by atoms with Crippen LogP contribution in [0.25, 0.3) is 11.0 Å². The van der Waals surface area contributed by atoms with Crippen LogP contribution in [-0.4, -0.2) is 10.2 Å². The molecule has 0 bridgehead atoms. The van der Waals surface area contributed by atoms with E-state index in [4.69, 9.17) is 9.52 Å². The molecule has 1 aromatic carbocycles. The molecule has 2 rings (SSSR count). The van der Waals surface area contributed by atoms with Crippen LogP contribution in [0.4, 0.5) is 0 Å². The molecule has 68 valence electrons. The first kappa shape index (κ1) is 8.13. The number of aryl methyl sites for hydroxylation is 1. The number of rotatable bonds is 1. The van der Waals surface area contributed by atoms with E-state index in [0.29, 0.717) is 11.1 Å². The van der Waals surface area contributed by atoms with E-state index in [1.54, 1.807) is 19.1 Å². The Balaban J connectivity index is 2.77. The second-order valence-corrected chi connectivity index (χ2v) is 3.05. The van der Waals surface area contributed by atoms with Gasteiger partial charge in [0.05, 0.1) is 12.9 Å². The number of benzene rings is 1. The van der Waals surface area contributed by atoms with Crippen molar-refractivity contribution >= 4 is 11.0 Å². The number of hydrogen-bond donors (Lipinski definition) is 2. The zero-order valence-electron chi connectivity index (χ0n) is 7.24. The van der Waals surface area contributed by atoms with Crippen molar-refractivity contribution in [3.63, 3.8) is 0 Å². The molecule has 3 heteroatoms. The molecule has 0 spiro atoms. The lowest BCUT2D eigenvalue weighted by Crippen LogP contribution is -1.79. The molecule has 0 radical (unpaired) electrons. The van der Waals surface area contributed by atoms with Crippen LogP contribution in [0.15, 0.2) is 22.8 Å². The smallest absolute Gasteiger partial charge is 0.134 e. The minimum atomic E-state index is -0.0739. The Labute approximate surface area is 75.2 Å². The van der Waals surface area contributed by atoms with Gasteiger partial charge in [-0.3, -0.25) is 0 Å². The molecular formula is C10H10O3. The predicted molar refractivity (Wildman–Crippen MR) is 48.5 cm³/mol. The van der Waals surface area contributed by atoms with Gasteiger partial charge in [0.1, 0.15) is 11.3 Å². The van der Waals surface area contributed by atoms with E-state index in [0.717, 1.165) is 10.9 Å². The molecular weight excluding hydrogens is 168 g/mol. The zero-order chi connectivity index (χ0) is 9.42. The van der Waals surface area contributed by atoms with Crippen LogP contribution in [0, 0.1) is 6.92 Å². The molecule has 1 heterocycles. The van der Waals surface area contributed by atoms with E-state index in [2.05, 4.69) is 0 Å². The average Bonchev–Trinajstić information content (AvgIpc) is 2.48. The van der Waals surface area contributed by atoms with Crippen LogP contribution in [0.5, 0.6) is 5.75 Å². The van der Waals surface area contributed by atoms with E-state index in [-0.39, 0.29) is 12.4 Å². The molecule has 0 amide bonds. The standard InChI is InChI=1S/C10H10O3/c1-6-2-10-8(3-9(6)12)7(4-11)5-13-10/h2-3,5,11-12H,4H2,1H3. The Kier molecular flexibility index (Phi) is 1.74. The summed E-state index contributed by atoms with van der Waals surface area (Å²) in [5.41, 5.74) is 2.16. The van der Waals surface area contributed by atoms with Gasteiger partial charge in [-0.05, 0) is 24.6 Å². The van der Waals surface area contributed by atoms with Crippen LogP contribution in [0.3, 0.4) is 0 Å². The fourth-order valence-electron chi connectivity index (χ4n) is 1.34. The first-order valence-corrected chi connectivity index (χ1v) is 4.03. The quantitative estimate of drug-likeness (QED) is 0.701. The number of aliphatic hydroxyl groups excluding tert-OH is 1. The first-order valence-electron chi connectivity index (χ1n) is 4.03. The van der Waals surface area contributed by atoms with Gasteiger partial charge in [-0.15, -0.1) is 0 Å². The van der Waals surface area contributed by atoms with Crippen LogP contribution < -0.4 is 0 Å². The summed E-state index contributed by atoms with van der Waals surface area (Å²) < 4.78 is 5.20. The van der Waals surface area contributed by atoms with Crippen molar-refractivity contribution in [3.05, 3.63) is 29.5 Å². The van der Waals surface area contributed by atoms with Crippen molar-refractivity contribution in [2.75, 3.05) is 0 Å². The number of furan rings is 1. The van der Waals surface area contributed by atoms with Crippen molar-refractivity contribution in [3.8, 4) is 5.75 Å². The molecule has 0 unspecified atom stereocenters. The normalized spacial score (nSPS) is 10.9. The predicted octanol–water partition coefficient (Wildman–Crippen LogP) is 1.94. The molecule has 0 aliphatic rings. The molecule has 2 aromatic rings. The summed E-state index contributed by atoms with van der Waals surface area (Å²) >= 11 is 0. The Morgan fingerprint density at radius 3 is 2.85 bits per heavy atom. The molecule has 0 atom stereocenters. The first-order chi connectivity index (χ1) is 6.22. The minimum absolute atomic E-state index is 0.0739. The third-order valence-electron chi connectivity index (χ3n) is 2.14. The van der Waals surface area contributed by atoms with Gasteiger partial charge < -0.3 is 14.6 Å². The summed E-state index contributed by atoms with van der Waals surface area (Å²) in [7, 11) is 0. The molecule has 3 nitrogen and oxygen atoms in total. The zero-order valence-corrected chi connectivity index (χ0v) is 7.24. The molecule has 0 saturated heterocycles. The van der Waals surface area contributed by atoms with Crippen molar-refractivity contribution < 1.29 is 14.6 Å². The molecule has 2 N–H and O–H groups in total. The molecule has 1 aromatic heterocycles. The number of aromatic hydroxyl groups is 1. The highest BCUT2D eigenvalue weighted by atomic mass is 16.3. The molecule has 0 aliphatic carbocycles. The van der Waals surface area contributed by atoms with Gasteiger partial charge in [0, 0.05) is 10.9 Å². The van der Waals surface area contributed by atoms with E-state index < -0.39 is 0 Å². The fourth-order valence-corrected chi connectivity index (χ4v) is 1.34. The van der Waals surface area contributed by atoms with E-state index >= 15 is 0 Å². The number of phenols is 1. The van der Waals surface area contributed by atoms with Crippen LogP contribution in [0.1, 0.15) is 11.1 Å². The lowest BCUT2D eigenvalue weighted by molar-refractivity contribution is 0.281. The van der Waals surface area contributed by atoms with Gasteiger partial charge in [0.2, 0.25) is 0 Å². The lowest BCUT2D eigenvalue weighted by atomic mass is 10.1. The van der Waals surface area contributed by atoms with Crippen molar-refractivity contribution in [2.45, 2.75) is 13.5 Å². The average molecular weight is 178 g/mol. The topological polar surface area (TPSA) is 53.6 Å².